The van der Waals surface area contributed by atoms with Gasteiger partial charge in [-0.1, -0.05) is 18.2 Å². The SMILES string of the molecule is O=c1[nH]c(-c2cc(-c3ccc(F)nc3)ccc2F)nc2ccccc12. The second kappa shape index (κ2) is 5.90. The molecular formula is C19H11F2N3O. The summed E-state index contributed by atoms with van der Waals surface area (Å²) < 4.78 is 27.3. The van der Waals surface area contributed by atoms with E-state index in [0.29, 0.717) is 22.0 Å². The van der Waals surface area contributed by atoms with Crippen LogP contribution in [0.2, 0.25) is 0 Å². The first kappa shape index (κ1) is 15.1. The number of nitrogens with one attached hydrogen (secondary N) is 1. The van der Waals surface area contributed by atoms with Crippen molar-refractivity contribution in [2.75, 3.05) is 0 Å². The molecule has 25 heavy (non-hydrogen) atoms. The Morgan fingerprint density at radius 3 is 2.52 bits per heavy atom. The first-order valence-electron chi connectivity index (χ1n) is 7.53. The highest BCUT2D eigenvalue weighted by Gasteiger charge is 2.12. The standard InChI is InChI=1S/C19H11F2N3O/c20-15-7-5-11(12-6-8-17(21)22-10-12)9-14(15)18-23-16-4-2-1-3-13(16)19(25)24-18/h1-10H,(H,23,24,25). The van der Waals surface area contributed by atoms with Crippen molar-refractivity contribution in [3.63, 3.8) is 0 Å². The molecular weight excluding hydrogens is 324 g/mol. The van der Waals surface area contributed by atoms with Gasteiger partial charge in [0.25, 0.3) is 5.56 Å². The zero-order chi connectivity index (χ0) is 17.4. The number of pyridine rings is 1. The summed E-state index contributed by atoms with van der Waals surface area (Å²) in [6.07, 6.45) is 1.36. The van der Waals surface area contributed by atoms with Gasteiger partial charge in [-0.2, -0.15) is 4.39 Å². The minimum Gasteiger partial charge on any atom is -0.306 e. The van der Waals surface area contributed by atoms with Crippen LogP contribution >= 0.6 is 0 Å². The fourth-order valence-corrected chi connectivity index (χ4v) is 2.65. The van der Waals surface area contributed by atoms with Crippen LogP contribution in [0, 0.1) is 11.8 Å². The zero-order valence-electron chi connectivity index (χ0n) is 12.8. The number of hydrogen-bond acceptors (Lipinski definition) is 3. The smallest absolute Gasteiger partial charge is 0.259 e. The maximum Gasteiger partial charge on any atom is 0.259 e. The van der Waals surface area contributed by atoms with Crippen molar-refractivity contribution < 1.29 is 8.78 Å². The maximum absolute atomic E-state index is 14.3. The second-order valence-electron chi connectivity index (χ2n) is 5.50. The summed E-state index contributed by atoms with van der Waals surface area (Å²) >= 11 is 0. The quantitative estimate of drug-likeness (QED) is 0.565. The fraction of sp³-hybridized carbons (Fsp3) is 0. The number of aromatic nitrogens is 3. The highest BCUT2D eigenvalue weighted by Crippen LogP contribution is 2.27. The Kier molecular flexibility index (Phi) is 3.57. The van der Waals surface area contributed by atoms with Crippen LogP contribution in [0.4, 0.5) is 8.78 Å². The summed E-state index contributed by atoms with van der Waals surface area (Å²) in [6.45, 7) is 0. The van der Waals surface area contributed by atoms with Gasteiger partial charge in [0.05, 0.1) is 16.5 Å². The average Bonchev–Trinajstić information content (AvgIpc) is 2.63. The van der Waals surface area contributed by atoms with E-state index in [9.17, 15) is 13.6 Å². The van der Waals surface area contributed by atoms with Gasteiger partial charge in [-0.15, -0.1) is 0 Å². The summed E-state index contributed by atoms with van der Waals surface area (Å²) in [5, 5.41) is 0.436. The molecule has 0 radical (unpaired) electrons. The molecule has 4 nitrogen and oxygen atoms in total. The first-order valence-corrected chi connectivity index (χ1v) is 7.53. The van der Waals surface area contributed by atoms with Crippen LogP contribution in [-0.2, 0) is 0 Å². The molecule has 2 aromatic heterocycles. The summed E-state index contributed by atoms with van der Waals surface area (Å²) in [6, 6.07) is 14.0. The highest BCUT2D eigenvalue weighted by molar-refractivity contribution is 5.80. The molecule has 2 aromatic carbocycles. The number of hydrogen-bond donors (Lipinski definition) is 1. The summed E-state index contributed by atoms with van der Waals surface area (Å²) in [4.78, 5) is 22.8. The Labute approximate surface area is 140 Å². The van der Waals surface area contributed by atoms with Crippen molar-refractivity contribution in [3.05, 3.63) is 82.9 Å². The predicted octanol–water partition coefficient (Wildman–Crippen LogP) is 3.93. The Morgan fingerprint density at radius 2 is 1.72 bits per heavy atom. The van der Waals surface area contributed by atoms with E-state index in [2.05, 4.69) is 15.0 Å². The molecule has 0 bridgehead atoms. The number of para-hydroxylation sites is 1. The molecule has 1 N–H and O–H groups in total. The topological polar surface area (TPSA) is 58.6 Å². The van der Waals surface area contributed by atoms with Crippen molar-refractivity contribution in [2.45, 2.75) is 0 Å². The van der Waals surface area contributed by atoms with E-state index in [-0.39, 0.29) is 16.9 Å². The van der Waals surface area contributed by atoms with E-state index >= 15 is 0 Å². The number of fused-ring (bicyclic) bond motifs is 1. The lowest BCUT2D eigenvalue weighted by Gasteiger charge is -2.07. The van der Waals surface area contributed by atoms with Crippen LogP contribution in [0.5, 0.6) is 0 Å². The molecule has 0 amide bonds. The van der Waals surface area contributed by atoms with Crippen LogP contribution in [0.3, 0.4) is 0 Å². The molecule has 0 atom stereocenters. The third-order valence-electron chi connectivity index (χ3n) is 3.90. The van der Waals surface area contributed by atoms with Gasteiger partial charge >= 0.3 is 0 Å². The molecule has 6 heteroatoms. The number of H-pyrrole nitrogens is 1. The van der Waals surface area contributed by atoms with Gasteiger partial charge < -0.3 is 4.98 Å². The van der Waals surface area contributed by atoms with E-state index in [1.54, 1.807) is 42.5 Å². The third kappa shape index (κ3) is 2.78. The lowest BCUT2D eigenvalue weighted by atomic mass is 10.0. The molecule has 2 heterocycles. The van der Waals surface area contributed by atoms with Crippen LogP contribution in [0.15, 0.2) is 65.6 Å². The molecule has 0 saturated heterocycles. The van der Waals surface area contributed by atoms with E-state index in [1.807, 2.05) is 0 Å². The second-order valence-corrected chi connectivity index (χ2v) is 5.50. The molecule has 122 valence electrons. The van der Waals surface area contributed by atoms with Gasteiger partial charge in [-0.05, 0) is 42.0 Å². The van der Waals surface area contributed by atoms with Gasteiger partial charge in [0.2, 0.25) is 5.95 Å². The average molecular weight is 335 g/mol. The summed E-state index contributed by atoms with van der Waals surface area (Å²) in [7, 11) is 0. The van der Waals surface area contributed by atoms with E-state index in [0.717, 1.165) is 0 Å². The number of aromatic amines is 1. The van der Waals surface area contributed by atoms with Gasteiger partial charge in [0.1, 0.15) is 11.6 Å². The molecule has 0 saturated carbocycles. The Balaban J connectivity index is 1.89. The van der Waals surface area contributed by atoms with E-state index < -0.39 is 11.8 Å². The molecule has 0 fully saturated rings. The minimum atomic E-state index is -0.591. The number of nitrogens with zero attached hydrogens (tertiary/aromatic N) is 2. The Hall–Kier alpha value is -3.41. The van der Waals surface area contributed by atoms with E-state index in [1.165, 1.54) is 18.3 Å². The van der Waals surface area contributed by atoms with Crippen molar-refractivity contribution in [3.8, 4) is 22.5 Å². The van der Waals surface area contributed by atoms with Gasteiger partial charge in [0.15, 0.2) is 0 Å². The van der Waals surface area contributed by atoms with Crippen LogP contribution < -0.4 is 5.56 Å². The lowest BCUT2D eigenvalue weighted by Crippen LogP contribution is -2.10. The Bertz CT molecular complexity index is 1140. The van der Waals surface area contributed by atoms with Crippen molar-refractivity contribution in [2.24, 2.45) is 0 Å². The minimum absolute atomic E-state index is 0.137. The van der Waals surface area contributed by atoms with Crippen LogP contribution in [-0.4, -0.2) is 15.0 Å². The molecule has 0 unspecified atom stereocenters. The van der Waals surface area contributed by atoms with Crippen LogP contribution in [0.25, 0.3) is 33.4 Å². The molecule has 0 spiro atoms. The molecule has 4 rings (SSSR count). The maximum atomic E-state index is 14.3. The van der Waals surface area contributed by atoms with Crippen molar-refractivity contribution in [1.82, 2.24) is 15.0 Å². The largest absolute Gasteiger partial charge is 0.306 e. The highest BCUT2D eigenvalue weighted by atomic mass is 19.1. The van der Waals surface area contributed by atoms with Gasteiger partial charge in [-0.25, -0.2) is 14.4 Å². The summed E-state index contributed by atoms with van der Waals surface area (Å²) in [5.74, 6) is -0.970. The molecule has 0 aliphatic carbocycles. The monoisotopic (exact) mass is 335 g/mol. The first-order chi connectivity index (χ1) is 12.1. The zero-order valence-corrected chi connectivity index (χ0v) is 12.8. The summed E-state index contributed by atoms with van der Waals surface area (Å²) in [5.41, 5.74) is 1.57. The Morgan fingerprint density at radius 1 is 0.920 bits per heavy atom. The predicted molar refractivity (Wildman–Crippen MR) is 90.9 cm³/mol. The molecule has 0 aliphatic rings. The van der Waals surface area contributed by atoms with Crippen molar-refractivity contribution >= 4 is 10.9 Å². The number of benzene rings is 2. The van der Waals surface area contributed by atoms with E-state index in [4.69, 9.17) is 0 Å². The molecule has 0 aliphatic heterocycles. The van der Waals surface area contributed by atoms with Gasteiger partial charge in [-0.3, -0.25) is 4.79 Å². The lowest BCUT2D eigenvalue weighted by molar-refractivity contribution is 0.584. The van der Waals surface area contributed by atoms with Gasteiger partial charge in [0, 0.05) is 11.8 Å². The van der Waals surface area contributed by atoms with Crippen molar-refractivity contribution in [1.29, 1.82) is 0 Å². The van der Waals surface area contributed by atoms with Crippen LogP contribution in [0.1, 0.15) is 0 Å². The number of halogens is 2. The third-order valence-corrected chi connectivity index (χ3v) is 3.90. The number of rotatable bonds is 2. The molecule has 4 aromatic rings. The normalized spacial score (nSPS) is 11.0. The fourth-order valence-electron chi connectivity index (χ4n) is 2.65.